The van der Waals surface area contributed by atoms with Crippen LogP contribution in [0.5, 0.6) is 11.5 Å². The summed E-state index contributed by atoms with van der Waals surface area (Å²) in [4.78, 5) is 29.4. The van der Waals surface area contributed by atoms with Crippen LogP contribution < -0.4 is 20.3 Å². The third-order valence-corrected chi connectivity index (χ3v) is 4.80. The number of fused-ring (bicyclic) bond motifs is 1. The Kier molecular flexibility index (Phi) is 6.16. The van der Waals surface area contributed by atoms with Crippen LogP contribution in [0.1, 0.15) is 24.0 Å². The van der Waals surface area contributed by atoms with Gasteiger partial charge in [-0.1, -0.05) is 12.1 Å². The van der Waals surface area contributed by atoms with E-state index in [1.54, 1.807) is 12.1 Å². The Labute approximate surface area is 169 Å². The average Bonchev–Trinajstić information content (AvgIpc) is 2.71. The molecule has 0 fully saturated rings. The van der Waals surface area contributed by atoms with Crippen molar-refractivity contribution in [2.45, 2.75) is 33.2 Å². The highest BCUT2D eigenvalue weighted by Crippen LogP contribution is 2.29. The van der Waals surface area contributed by atoms with Crippen LogP contribution in [0.25, 0.3) is 10.9 Å². The second-order valence-electron chi connectivity index (χ2n) is 6.94. The summed E-state index contributed by atoms with van der Waals surface area (Å²) in [5.41, 5.74) is 3.29. The first kappa shape index (κ1) is 20.4. The number of carbonyl (C=O) groups excluding carboxylic acids is 1. The number of carbonyl (C=O) groups is 1. The van der Waals surface area contributed by atoms with E-state index >= 15 is 0 Å². The Hall–Kier alpha value is -3.35. The summed E-state index contributed by atoms with van der Waals surface area (Å²) >= 11 is 0. The van der Waals surface area contributed by atoms with Gasteiger partial charge in [0.25, 0.3) is 5.56 Å². The van der Waals surface area contributed by atoms with Crippen LogP contribution in [-0.4, -0.2) is 29.7 Å². The quantitative estimate of drug-likeness (QED) is 0.663. The molecule has 1 amide bonds. The molecule has 0 saturated carbocycles. The number of anilines is 1. The molecule has 1 N–H and O–H groups in total. The van der Waals surface area contributed by atoms with Crippen molar-refractivity contribution in [3.8, 4) is 11.5 Å². The van der Waals surface area contributed by atoms with E-state index in [0.29, 0.717) is 41.8 Å². The molecule has 29 heavy (non-hydrogen) atoms. The van der Waals surface area contributed by atoms with Crippen molar-refractivity contribution in [1.29, 1.82) is 0 Å². The molecule has 152 valence electrons. The van der Waals surface area contributed by atoms with Crippen molar-refractivity contribution < 1.29 is 14.3 Å². The number of hydrogen-bond acceptors (Lipinski definition) is 5. The first-order chi connectivity index (χ1) is 13.9. The predicted octanol–water partition coefficient (Wildman–Crippen LogP) is 3.45. The number of amides is 1. The summed E-state index contributed by atoms with van der Waals surface area (Å²) in [5.74, 6) is 0.921. The first-order valence-corrected chi connectivity index (χ1v) is 9.41. The van der Waals surface area contributed by atoms with Crippen molar-refractivity contribution >= 4 is 22.5 Å². The normalized spacial score (nSPS) is 10.8. The van der Waals surface area contributed by atoms with Gasteiger partial charge in [0.2, 0.25) is 5.91 Å². The highest BCUT2D eigenvalue weighted by Gasteiger charge is 2.11. The Morgan fingerprint density at radius 2 is 1.83 bits per heavy atom. The SMILES string of the molecule is COc1cc2ncn(CCCC(=O)Nc3cc(C)ccc3C)c(=O)c2cc1OC. The number of hydrogen-bond donors (Lipinski definition) is 1. The third-order valence-electron chi connectivity index (χ3n) is 4.80. The van der Waals surface area contributed by atoms with Gasteiger partial charge < -0.3 is 14.8 Å². The molecule has 3 aromatic rings. The van der Waals surface area contributed by atoms with E-state index < -0.39 is 0 Å². The zero-order chi connectivity index (χ0) is 21.0. The maximum atomic E-state index is 12.8. The second-order valence-corrected chi connectivity index (χ2v) is 6.94. The number of nitrogens with zero attached hydrogens (tertiary/aromatic N) is 2. The number of rotatable bonds is 7. The lowest BCUT2D eigenvalue weighted by molar-refractivity contribution is -0.116. The van der Waals surface area contributed by atoms with Crippen molar-refractivity contribution in [2.75, 3.05) is 19.5 Å². The maximum Gasteiger partial charge on any atom is 0.261 e. The van der Waals surface area contributed by atoms with Crippen molar-refractivity contribution in [3.63, 3.8) is 0 Å². The van der Waals surface area contributed by atoms with Gasteiger partial charge >= 0.3 is 0 Å². The van der Waals surface area contributed by atoms with E-state index in [1.165, 1.54) is 25.1 Å². The summed E-state index contributed by atoms with van der Waals surface area (Å²) in [6, 6.07) is 9.25. The molecule has 2 aromatic carbocycles. The molecular formula is C22H25N3O4. The highest BCUT2D eigenvalue weighted by molar-refractivity contribution is 5.91. The van der Waals surface area contributed by atoms with Gasteiger partial charge in [-0.25, -0.2) is 4.98 Å². The van der Waals surface area contributed by atoms with Gasteiger partial charge in [0.1, 0.15) is 0 Å². The highest BCUT2D eigenvalue weighted by atomic mass is 16.5. The Morgan fingerprint density at radius 3 is 2.55 bits per heavy atom. The van der Waals surface area contributed by atoms with Crippen LogP contribution in [-0.2, 0) is 11.3 Å². The van der Waals surface area contributed by atoms with Crippen LogP contribution in [0.2, 0.25) is 0 Å². The minimum absolute atomic E-state index is 0.0769. The molecule has 0 aliphatic heterocycles. The zero-order valence-electron chi connectivity index (χ0n) is 17.1. The number of benzene rings is 2. The smallest absolute Gasteiger partial charge is 0.261 e. The number of ether oxygens (including phenoxy) is 2. The van der Waals surface area contributed by atoms with Gasteiger partial charge in [0.15, 0.2) is 11.5 Å². The van der Waals surface area contributed by atoms with E-state index in [0.717, 1.165) is 16.8 Å². The molecule has 0 spiro atoms. The monoisotopic (exact) mass is 395 g/mol. The number of aromatic nitrogens is 2. The van der Waals surface area contributed by atoms with E-state index in [1.807, 2.05) is 32.0 Å². The summed E-state index contributed by atoms with van der Waals surface area (Å²) in [6.07, 6.45) is 2.33. The molecule has 1 heterocycles. The Morgan fingerprint density at radius 1 is 1.10 bits per heavy atom. The summed E-state index contributed by atoms with van der Waals surface area (Å²) in [6.45, 7) is 4.34. The lowest BCUT2D eigenvalue weighted by Gasteiger charge is -2.11. The van der Waals surface area contributed by atoms with Crippen LogP contribution >= 0.6 is 0 Å². The van der Waals surface area contributed by atoms with Crippen molar-refractivity contribution in [1.82, 2.24) is 9.55 Å². The topological polar surface area (TPSA) is 82.5 Å². The lowest BCUT2D eigenvalue weighted by atomic mass is 10.1. The van der Waals surface area contributed by atoms with Gasteiger partial charge in [-0.05, 0) is 43.5 Å². The second kappa shape index (κ2) is 8.77. The van der Waals surface area contributed by atoms with E-state index in [9.17, 15) is 9.59 Å². The Bertz CT molecular complexity index is 1110. The van der Waals surface area contributed by atoms with Crippen LogP contribution in [0.3, 0.4) is 0 Å². The summed E-state index contributed by atoms with van der Waals surface area (Å²) in [7, 11) is 3.06. The molecule has 0 unspecified atom stereocenters. The van der Waals surface area contributed by atoms with Gasteiger partial charge in [-0.3, -0.25) is 14.2 Å². The molecule has 0 aliphatic carbocycles. The molecule has 7 heteroatoms. The number of aryl methyl sites for hydroxylation is 3. The van der Waals surface area contributed by atoms with Crippen LogP contribution in [0.4, 0.5) is 5.69 Å². The summed E-state index contributed by atoms with van der Waals surface area (Å²) in [5, 5.41) is 3.39. The van der Waals surface area contributed by atoms with E-state index in [2.05, 4.69) is 10.3 Å². The molecule has 7 nitrogen and oxygen atoms in total. The molecule has 3 rings (SSSR count). The molecule has 0 bridgehead atoms. The van der Waals surface area contributed by atoms with Gasteiger partial charge in [-0.2, -0.15) is 0 Å². The van der Waals surface area contributed by atoms with Gasteiger partial charge in [-0.15, -0.1) is 0 Å². The fraction of sp³-hybridized carbons (Fsp3) is 0.318. The largest absolute Gasteiger partial charge is 0.493 e. The Balaban J connectivity index is 1.69. The fourth-order valence-electron chi connectivity index (χ4n) is 3.14. The zero-order valence-corrected chi connectivity index (χ0v) is 17.1. The van der Waals surface area contributed by atoms with Gasteiger partial charge in [0, 0.05) is 24.7 Å². The molecule has 0 radical (unpaired) electrons. The first-order valence-electron chi connectivity index (χ1n) is 9.41. The van der Waals surface area contributed by atoms with Crippen LogP contribution in [0.15, 0.2) is 41.5 Å². The maximum absolute atomic E-state index is 12.8. The van der Waals surface area contributed by atoms with E-state index in [4.69, 9.17) is 9.47 Å². The standard InChI is InChI=1S/C22H25N3O4/c1-14-7-8-15(2)17(10-14)24-21(26)6-5-9-25-13-23-18-12-20(29-4)19(28-3)11-16(18)22(25)27/h7-8,10-13H,5-6,9H2,1-4H3,(H,24,26). The molecule has 0 atom stereocenters. The average molecular weight is 395 g/mol. The fourth-order valence-corrected chi connectivity index (χ4v) is 3.14. The molecule has 0 aliphatic rings. The predicted molar refractivity (Wildman–Crippen MR) is 113 cm³/mol. The van der Waals surface area contributed by atoms with E-state index in [-0.39, 0.29) is 11.5 Å². The third kappa shape index (κ3) is 4.56. The minimum atomic E-state index is -0.175. The molecule has 1 aromatic heterocycles. The lowest BCUT2D eigenvalue weighted by Crippen LogP contribution is -2.22. The van der Waals surface area contributed by atoms with Crippen molar-refractivity contribution in [3.05, 3.63) is 58.1 Å². The summed E-state index contributed by atoms with van der Waals surface area (Å²) < 4.78 is 12.0. The van der Waals surface area contributed by atoms with Crippen molar-refractivity contribution in [2.24, 2.45) is 0 Å². The number of nitrogens with one attached hydrogen (secondary N) is 1. The minimum Gasteiger partial charge on any atom is -0.493 e. The van der Waals surface area contributed by atoms with Gasteiger partial charge in [0.05, 0.1) is 31.4 Å². The van der Waals surface area contributed by atoms with Crippen LogP contribution in [0, 0.1) is 13.8 Å². The molecule has 0 saturated heterocycles. The molecular weight excluding hydrogens is 370 g/mol. The number of methoxy groups -OCH3 is 2.